The van der Waals surface area contributed by atoms with Crippen molar-refractivity contribution in [3.05, 3.63) is 16.1 Å². The Hall–Kier alpha value is -0.450. The van der Waals surface area contributed by atoms with Gasteiger partial charge >= 0.3 is 0 Å². The Morgan fingerprint density at radius 1 is 1.44 bits per heavy atom. The number of nitrogens with zero attached hydrogens (tertiary/aromatic N) is 2. The maximum absolute atomic E-state index is 4.31. The molecular weight excluding hydrogens is 242 g/mol. The molecule has 0 amide bonds. The standard InChI is InChI=1S/C14H27N3S/c1-6-7-15-9-14(3,4)10-17(5)8-13-12(2)16-11-18-13/h11,15H,6-10H2,1-5H3. The van der Waals surface area contributed by atoms with Crippen LogP contribution in [-0.4, -0.2) is 36.6 Å². The summed E-state index contributed by atoms with van der Waals surface area (Å²) in [4.78, 5) is 8.09. The largest absolute Gasteiger partial charge is 0.316 e. The molecule has 0 aliphatic heterocycles. The Balaban J connectivity index is 2.38. The molecule has 4 heteroatoms. The fourth-order valence-corrected chi connectivity index (χ4v) is 3.03. The smallest absolute Gasteiger partial charge is 0.0798 e. The Kier molecular flexibility index (Phi) is 6.26. The van der Waals surface area contributed by atoms with Crippen LogP contribution in [0.1, 0.15) is 37.8 Å². The lowest BCUT2D eigenvalue weighted by molar-refractivity contribution is 0.199. The van der Waals surface area contributed by atoms with Crippen molar-refractivity contribution in [3.8, 4) is 0 Å². The van der Waals surface area contributed by atoms with Crippen molar-refractivity contribution < 1.29 is 0 Å². The highest BCUT2D eigenvalue weighted by Gasteiger charge is 2.20. The van der Waals surface area contributed by atoms with Crippen LogP contribution in [0.5, 0.6) is 0 Å². The minimum atomic E-state index is 0.308. The Bertz CT molecular complexity index is 347. The van der Waals surface area contributed by atoms with Gasteiger partial charge in [-0.15, -0.1) is 11.3 Å². The van der Waals surface area contributed by atoms with E-state index in [1.165, 1.54) is 17.0 Å². The molecule has 0 aliphatic rings. The number of aromatic nitrogens is 1. The molecule has 104 valence electrons. The zero-order chi connectivity index (χ0) is 13.6. The number of hydrogen-bond donors (Lipinski definition) is 1. The van der Waals surface area contributed by atoms with Gasteiger partial charge in [-0.05, 0) is 32.4 Å². The first kappa shape index (κ1) is 15.6. The molecule has 1 rings (SSSR count). The number of aryl methyl sites for hydroxylation is 1. The zero-order valence-corrected chi connectivity index (χ0v) is 13.2. The van der Waals surface area contributed by atoms with Gasteiger partial charge < -0.3 is 10.2 Å². The van der Waals surface area contributed by atoms with Gasteiger partial charge in [0.2, 0.25) is 0 Å². The van der Waals surface area contributed by atoms with Gasteiger partial charge in [-0.3, -0.25) is 0 Å². The first-order valence-corrected chi connectivity index (χ1v) is 7.61. The third kappa shape index (κ3) is 5.46. The third-order valence-electron chi connectivity index (χ3n) is 2.99. The summed E-state index contributed by atoms with van der Waals surface area (Å²) in [5.74, 6) is 0. The van der Waals surface area contributed by atoms with Gasteiger partial charge in [0.25, 0.3) is 0 Å². The minimum Gasteiger partial charge on any atom is -0.316 e. The molecule has 1 heterocycles. The van der Waals surface area contributed by atoms with Gasteiger partial charge in [0.15, 0.2) is 0 Å². The Labute approximate surface area is 116 Å². The van der Waals surface area contributed by atoms with Crippen molar-refractivity contribution in [1.82, 2.24) is 15.2 Å². The molecule has 0 atom stereocenters. The molecule has 1 N–H and O–H groups in total. The lowest BCUT2D eigenvalue weighted by Crippen LogP contribution is -2.38. The lowest BCUT2D eigenvalue weighted by atomic mass is 9.92. The van der Waals surface area contributed by atoms with Crippen LogP contribution in [0.15, 0.2) is 5.51 Å². The molecule has 0 bridgehead atoms. The Morgan fingerprint density at radius 3 is 2.72 bits per heavy atom. The van der Waals surface area contributed by atoms with E-state index in [1.54, 1.807) is 11.3 Å². The van der Waals surface area contributed by atoms with Crippen LogP contribution >= 0.6 is 11.3 Å². The maximum atomic E-state index is 4.31. The molecule has 1 aromatic rings. The summed E-state index contributed by atoms with van der Waals surface area (Å²) in [6, 6.07) is 0. The highest BCUT2D eigenvalue weighted by Crippen LogP contribution is 2.19. The van der Waals surface area contributed by atoms with Gasteiger partial charge in [0.05, 0.1) is 11.2 Å². The monoisotopic (exact) mass is 269 g/mol. The van der Waals surface area contributed by atoms with Crippen LogP contribution in [0.3, 0.4) is 0 Å². The summed E-state index contributed by atoms with van der Waals surface area (Å²) in [6.45, 7) is 13.2. The lowest BCUT2D eigenvalue weighted by Gasteiger charge is -2.30. The van der Waals surface area contributed by atoms with Crippen LogP contribution < -0.4 is 5.32 Å². The van der Waals surface area contributed by atoms with Crippen molar-refractivity contribution in [1.29, 1.82) is 0 Å². The van der Waals surface area contributed by atoms with E-state index in [2.05, 4.69) is 49.9 Å². The van der Waals surface area contributed by atoms with Gasteiger partial charge in [-0.2, -0.15) is 0 Å². The van der Waals surface area contributed by atoms with E-state index in [0.29, 0.717) is 5.41 Å². The minimum absolute atomic E-state index is 0.308. The van der Waals surface area contributed by atoms with Gasteiger partial charge in [-0.25, -0.2) is 4.98 Å². The molecule has 18 heavy (non-hydrogen) atoms. The second kappa shape index (κ2) is 7.22. The number of thiazole rings is 1. The molecule has 0 spiro atoms. The normalized spacial score (nSPS) is 12.3. The zero-order valence-electron chi connectivity index (χ0n) is 12.4. The molecule has 1 aromatic heterocycles. The predicted octanol–water partition coefficient (Wildman–Crippen LogP) is 2.91. The molecule has 0 aromatic carbocycles. The van der Waals surface area contributed by atoms with E-state index in [9.17, 15) is 0 Å². The van der Waals surface area contributed by atoms with Crippen molar-refractivity contribution in [2.24, 2.45) is 5.41 Å². The van der Waals surface area contributed by atoms with Crippen LogP contribution in [0.25, 0.3) is 0 Å². The quantitative estimate of drug-likeness (QED) is 0.736. The average Bonchev–Trinajstić information content (AvgIpc) is 2.63. The summed E-state index contributed by atoms with van der Waals surface area (Å²) in [5, 5.41) is 3.51. The molecular formula is C14H27N3S. The SMILES string of the molecule is CCCNCC(C)(C)CN(C)Cc1scnc1C. The van der Waals surface area contributed by atoms with Crippen molar-refractivity contribution in [2.75, 3.05) is 26.7 Å². The van der Waals surface area contributed by atoms with Crippen LogP contribution in [0.4, 0.5) is 0 Å². The highest BCUT2D eigenvalue weighted by atomic mass is 32.1. The van der Waals surface area contributed by atoms with E-state index < -0.39 is 0 Å². The van der Waals surface area contributed by atoms with E-state index >= 15 is 0 Å². The van der Waals surface area contributed by atoms with Crippen LogP contribution in [0, 0.1) is 12.3 Å². The van der Waals surface area contributed by atoms with Crippen molar-refractivity contribution >= 4 is 11.3 Å². The maximum Gasteiger partial charge on any atom is 0.0798 e. The van der Waals surface area contributed by atoms with Crippen molar-refractivity contribution in [3.63, 3.8) is 0 Å². The van der Waals surface area contributed by atoms with E-state index in [0.717, 1.165) is 26.2 Å². The van der Waals surface area contributed by atoms with Gasteiger partial charge in [0, 0.05) is 24.5 Å². The Morgan fingerprint density at radius 2 is 2.17 bits per heavy atom. The topological polar surface area (TPSA) is 28.2 Å². The van der Waals surface area contributed by atoms with Gasteiger partial charge in [-0.1, -0.05) is 20.8 Å². The number of rotatable bonds is 8. The average molecular weight is 269 g/mol. The third-order valence-corrected chi connectivity index (χ3v) is 3.91. The molecule has 0 saturated heterocycles. The molecule has 0 fully saturated rings. The van der Waals surface area contributed by atoms with E-state index in [1.807, 2.05) is 5.51 Å². The van der Waals surface area contributed by atoms with E-state index in [-0.39, 0.29) is 0 Å². The number of hydrogen-bond acceptors (Lipinski definition) is 4. The molecule has 0 aliphatic carbocycles. The molecule has 0 unspecified atom stereocenters. The fourth-order valence-electron chi connectivity index (χ4n) is 2.17. The van der Waals surface area contributed by atoms with Gasteiger partial charge in [0.1, 0.15) is 0 Å². The highest BCUT2D eigenvalue weighted by molar-refractivity contribution is 7.09. The molecule has 0 saturated carbocycles. The summed E-state index contributed by atoms with van der Waals surface area (Å²) >= 11 is 1.76. The molecule has 3 nitrogen and oxygen atoms in total. The molecule has 0 radical (unpaired) electrons. The summed E-state index contributed by atoms with van der Waals surface area (Å²) < 4.78 is 0. The summed E-state index contributed by atoms with van der Waals surface area (Å²) in [5.41, 5.74) is 3.42. The second-order valence-electron chi connectivity index (χ2n) is 5.87. The second-order valence-corrected chi connectivity index (χ2v) is 6.81. The predicted molar refractivity (Wildman–Crippen MR) is 80.1 cm³/mol. The van der Waals surface area contributed by atoms with Crippen LogP contribution in [-0.2, 0) is 6.54 Å². The first-order chi connectivity index (χ1) is 8.44. The van der Waals surface area contributed by atoms with Crippen LogP contribution in [0.2, 0.25) is 0 Å². The fraction of sp³-hybridized carbons (Fsp3) is 0.786. The summed E-state index contributed by atoms with van der Waals surface area (Å²) in [6.07, 6.45) is 1.20. The first-order valence-electron chi connectivity index (χ1n) is 6.73. The van der Waals surface area contributed by atoms with Crippen molar-refractivity contribution in [2.45, 2.75) is 40.7 Å². The number of nitrogens with one attached hydrogen (secondary N) is 1. The summed E-state index contributed by atoms with van der Waals surface area (Å²) in [7, 11) is 2.20. The van der Waals surface area contributed by atoms with E-state index in [4.69, 9.17) is 0 Å².